The number of para-hydroxylation sites is 1. The second-order valence-electron chi connectivity index (χ2n) is 4.06. The number of nitrogens with zero attached hydrogens (tertiary/aromatic N) is 2. The number of aromatic nitrogens is 2. The Hall–Kier alpha value is -1.53. The number of benzene rings is 1. The van der Waals surface area contributed by atoms with E-state index in [1.54, 1.807) is 11.8 Å². The van der Waals surface area contributed by atoms with Gasteiger partial charge in [-0.25, -0.2) is 10.8 Å². The Bertz CT molecular complexity index is 531. The van der Waals surface area contributed by atoms with Gasteiger partial charge >= 0.3 is 0 Å². The zero-order valence-electron chi connectivity index (χ0n) is 10.5. The molecule has 4 N–H and O–H groups in total. The number of fused-ring (bicyclic) bond motifs is 1. The highest BCUT2D eigenvalue weighted by Crippen LogP contribution is 2.22. The van der Waals surface area contributed by atoms with Crippen LogP contribution in [0.15, 0.2) is 24.3 Å². The smallest absolute Gasteiger partial charge is 0.239 e. The first-order valence-corrected chi connectivity index (χ1v) is 7.13. The third kappa shape index (κ3) is 2.83. The maximum atomic E-state index is 5.39. The van der Waals surface area contributed by atoms with Crippen molar-refractivity contribution in [2.24, 2.45) is 5.84 Å². The van der Waals surface area contributed by atoms with Gasteiger partial charge in [0.2, 0.25) is 5.95 Å². The van der Waals surface area contributed by atoms with E-state index in [4.69, 9.17) is 5.84 Å². The fraction of sp³-hybridized carbons (Fsp3) is 0.333. The van der Waals surface area contributed by atoms with Crippen LogP contribution in [-0.4, -0.2) is 28.0 Å². The molecule has 0 aliphatic carbocycles. The molecule has 2 aromatic rings. The van der Waals surface area contributed by atoms with Gasteiger partial charge in [-0.1, -0.05) is 12.1 Å². The van der Waals surface area contributed by atoms with Gasteiger partial charge < -0.3 is 5.32 Å². The molecule has 0 spiro atoms. The molecule has 5 nitrogen and oxygen atoms in total. The van der Waals surface area contributed by atoms with Crippen LogP contribution in [0.2, 0.25) is 0 Å². The van der Waals surface area contributed by atoms with Crippen LogP contribution in [-0.2, 0) is 0 Å². The molecule has 0 saturated heterocycles. The minimum Gasteiger partial charge on any atom is -0.366 e. The highest BCUT2D eigenvalue weighted by molar-refractivity contribution is 7.98. The van der Waals surface area contributed by atoms with E-state index in [1.165, 1.54) is 0 Å². The van der Waals surface area contributed by atoms with Gasteiger partial charge in [0.1, 0.15) is 5.82 Å². The van der Waals surface area contributed by atoms with E-state index in [0.29, 0.717) is 12.0 Å². The lowest BCUT2D eigenvalue weighted by Crippen LogP contribution is -2.20. The standard InChI is InChI=1S/C12H17N5S/c1-8(7-18-2)14-11-9-5-3-4-6-10(9)15-12(16-11)17-13/h3-6,8H,7,13H2,1-2H3,(H2,14,15,16,17). The molecule has 1 heterocycles. The summed E-state index contributed by atoms with van der Waals surface area (Å²) < 4.78 is 0. The van der Waals surface area contributed by atoms with Crippen LogP contribution in [0.3, 0.4) is 0 Å². The van der Waals surface area contributed by atoms with Crippen molar-refractivity contribution in [2.45, 2.75) is 13.0 Å². The van der Waals surface area contributed by atoms with Gasteiger partial charge in [-0.05, 0) is 25.3 Å². The zero-order chi connectivity index (χ0) is 13.0. The molecule has 1 unspecified atom stereocenters. The quantitative estimate of drug-likeness (QED) is 0.566. The molecule has 18 heavy (non-hydrogen) atoms. The molecular weight excluding hydrogens is 246 g/mol. The second kappa shape index (κ2) is 5.88. The maximum Gasteiger partial charge on any atom is 0.239 e. The van der Waals surface area contributed by atoms with Crippen molar-refractivity contribution in [2.75, 3.05) is 22.8 Å². The van der Waals surface area contributed by atoms with Crippen LogP contribution in [0, 0.1) is 0 Å². The first kappa shape index (κ1) is 12.9. The SMILES string of the molecule is CSCC(C)Nc1nc(NN)nc2ccccc12. The molecule has 96 valence electrons. The summed E-state index contributed by atoms with van der Waals surface area (Å²) in [5.41, 5.74) is 3.37. The molecule has 0 saturated carbocycles. The normalized spacial score (nSPS) is 12.4. The average molecular weight is 263 g/mol. The predicted molar refractivity (Wildman–Crippen MR) is 78.8 cm³/mol. The monoisotopic (exact) mass is 263 g/mol. The Morgan fingerprint density at radius 2 is 2.11 bits per heavy atom. The lowest BCUT2D eigenvalue weighted by Gasteiger charge is -2.15. The number of nitrogens with two attached hydrogens (primary N) is 1. The summed E-state index contributed by atoms with van der Waals surface area (Å²) in [5.74, 6) is 7.65. The summed E-state index contributed by atoms with van der Waals surface area (Å²) in [6.45, 7) is 2.13. The summed E-state index contributed by atoms with van der Waals surface area (Å²) in [4.78, 5) is 8.69. The number of hydrogen-bond acceptors (Lipinski definition) is 6. The maximum absolute atomic E-state index is 5.39. The molecule has 0 aliphatic heterocycles. The molecule has 0 radical (unpaired) electrons. The molecule has 0 amide bonds. The van der Waals surface area contributed by atoms with Crippen molar-refractivity contribution >= 4 is 34.4 Å². The van der Waals surface area contributed by atoms with Gasteiger partial charge in [-0.2, -0.15) is 16.7 Å². The van der Waals surface area contributed by atoms with Crippen molar-refractivity contribution in [3.05, 3.63) is 24.3 Å². The van der Waals surface area contributed by atoms with Crippen LogP contribution < -0.4 is 16.6 Å². The van der Waals surface area contributed by atoms with Crippen molar-refractivity contribution in [3.8, 4) is 0 Å². The number of rotatable bonds is 5. The van der Waals surface area contributed by atoms with E-state index < -0.39 is 0 Å². The Morgan fingerprint density at radius 3 is 2.83 bits per heavy atom. The first-order chi connectivity index (χ1) is 8.74. The molecule has 1 aromatic carbocycles. The first-order valence-electron chi connectivity index (χ1n) is 5.73. The highest BCUT2D eigenvalue weighted by Gasteiger charge is 2.09. The third-order valence-corrected chi connectivity index (χ3v) is 3.37. The lowest BCUT2D eigenvalue weighted by molar-refractivity contribution is 0.904. The number of hydrazine groups is 1. The summed E-state index contributed by atoms with van der Waals surface area (Å²) in [6, 6.07) is 8.21. The summed E-state index contributed by atoms with van der Waals surface area (Å²) in [6.07, 6.45) is 2.09. The molecule has 0 aliphatic rings. The second-order valence-corrected chi connectivity index (χ2v) is 4.97. The highest BCUT2D eigenvalue weighted by atomic mass is 32.2. The van der Waals surface area contributed by atoms with Crippen molar-refractivity contribution in [3.63, 3.8) is 0 Å². The average Bonchev–Trinajstić information content (AvgIpc) is 2.38. The Labute approximate surface area is 111 Å². The third-order valence-electron chi connectivity index (χ3n) is 2.53. The van der Waals surface area contributed by atoms with E-state index >= 15 is 0 Å². The lowest BCUT2D eigenvalue weighted by atomic mass is 10.2. The van der Waals surface area contributed by atoms with Crippen LogP contribution in [0.25, 0.3) is 10.9 Å². The summed E-state index contributed by atoms with van der Waals surface area (Å²) >= 11 is 1.80. The van der Waals surface area contributed by atoms with Crippen LogP contribution in [0.1, 0.15) is 6.92 Å². The topological polar surface area (TPSA) is 75.9 Å². The van der Waals surface area contributed by atoms with E-state index in [0.717, 1.165) is 22.5 Å². The number of nitrogen functional groups attached to an aromatic ring is 1. The molecule has 6 heteroatoms. The molecule has 0 fully saturated rings. The number of hydrogen-bond donors (Lipinski definition) is 3. The minimum absolute atomic E-state index is 0.337. The van der Waals surface area contributed by atoms with Crippen molar-refractivity contribution in [1.82, 2.24) is 9.97 Å². The number of nitrogens with one attached hydrogen (secondary N) is 2. The van der Waals surface area contributed by atoms with E-state index in [-0.39, 0.29) is 0 Å². The molecule has 1 aromatic heterocycles. The Kier molecular flexibility index (Phi) is 4.22. The van der Waals surface area contributed by atoms with Crippen LogP contribution in [0.4, 0.5) is 11.8 Å². The van der Waals surface area contributed by atoms with Crippen LogP contribution in [0.5, 0.6) is 0 Å². The number of thioether (sulfide) groups is 1. The Morgan fingerprint density at radius 1 is 1.33 bits per heavy atom. The Balaban J connectivity index is 2.40. The molecule has 0 bridgehead atoms. The zero-order valence-corrected chi connectivity index (χ0v) is 11.3. The fourth-order valence-corrected chi connectivity index (χ4v) is 2.36. The van der Waals surface area contributed by atoms with Gasteiger partial charge in [-0.3, -0.25) is 5.43 Å². The largest absolute Gasteiger partial charge is 0.366 e. The molecule has 1 atom stereocenters. The van der Waals surface area contributed by atoms with E-state index in [1.807, 2.05) is 24.3 Å². The van der Waals surface area contributed by atoms with Gasteiger partial charge in [0, 0.05) is 17.2 Å². The summed E-state index contributed by atoms with van der Waals surface area (Å²) in [7, 11) is 0. The predicted octanol–water partition coefficient (Wildman–Crippen LogP) is 2.08. The fourth-order valence-electron chi connectivity index (χ4n) is 1.78. The van der Waals surface area contributed by atoms with Crippen molar-refractivity contribution < 1.29 is 0 Å². The van der Waals surface area contributed by atoms with E-state index in [2.05, 4.69) is 33.9 Å². The summed E-state index contributed by atoms with van der Waals surface area (Å²) in [5, 5.41) is 4.40. The minimum atomic E-state index is 0.337. The molecule has 2 rings (SSSR count). The van der Waals surface area contributed by atoms with E-state index in [9.17, 15) is 0 Å². The van der Waals surface area contributed by atoms with Gasteiger partial charge in [0.15, 0.2) is 0 Å². The van der Waals surface area contributed by atoms with Gasteiger partial charge in [0.25, 0.3) is 0 Å². The van der Waals surface area contributed by atoms with Crippen LogP contribution >= 0.6 is 11.8 Å². The van der Waals surface area contributed by atoms with Gasteiger partial charge in [-0.15, -0.1) is 0 Å². The molecular formula is C12H17N5S. The van der Waals surface area contributed by atoms with Gasteiger partial charge in [0.05, 0.1) is 5.52 Å². The number of anilines is 2. The van der Waals surface area contributed by atoms with Crippen molar-refractivity contribution in [1.29, 1.82) is 0 Å².